The average molecular weight is 272 g/mol. The lowest BCUT2D eigenvalue weighted by molar-refractivity contribution is 0.176. The number of hydrogen-bond acceptors (Lipinski definition) is 3. The second-order valence-corrected chi connectivity index (χ2v) is 5.74. The predicted molar refractivity (Wildman–Crippen MR) is 82.6 cm³/mol. The third-order valence-electron chi connectivity index (χ3n) is 4.32. The summed E-state index contributed by atoms with van der Waals surface area (Å²) in [7, 11) is 0. The normalized spacial score (nSPS) is 17.9. The summed E-state index contributed by atoms with van der Waals surface area (Å²) in [4.78, 5) is 10.2. The number of aromatic nitrogens is 2. The van der Waals surface area contributed by atoms with Crippen LogP contribution in [0, 0.1) is 5.92 Å². The lowest BCUT2D eigenvalue weighted by atomic mass is 9.96. The molecule has 1 aliphatic heterocycles. The van der Waals surface area contributed by atoms with Gasteiger partial charge in [0.15, 0.2) is 0 Å². The van der Waals surface area contributed by atoms with Crippen molar-refractivity contribution < 1.29 is 0 Å². The standard InChI is InChI=1S/C16H24N4/c1-2-17-10-13-5-8-20(9-6-13)12-14-11-19-16-15(14)4-3-7-18-16/h3-4,7,11,13,17H,2,5-6,8-10,12H2,1H3,(H,18,19). The molecular formula is C16H24N4. The van der Waals surface area contributed by atoms with E-state index in [0.29, 0.717) is 0 Å². The number of H-pyrrole nitrogens is 1. The summed E-state index contributed by atoms with van der Waals surface area (Å²) in [6.45, 7) is 7.91. The van der Waals surface area contributed by atoms with Gasteiger partial charge in [0.25, 0.3) is 0 Å². The number of piperidine rings is 1. The Morgan fingerprint density at radius 3 is 3.05 bits per heavy atom. The van der Waals surface area contributed by atoms with Gasteiger partial charge in [0, 0.05) is 24.3 Å². The maximum atomic E-state index is 4.36. The first kappa shape index (κ1) is 13.6. The van der Waals surface area contributed by atoms with Crippen molar-refractivity contribution in [1.82, 2.24) is 20.2 Å². The molecule has 0 spiro atoms. The number of nitrogens with one attached hydrogen (secondary N) is 2. The Hall–Kier alpha value is -1.39. The van der Waals surface area contributed by atoms with Crippen LogP contribution >= 0.6 is 0 Å². The van der Waals surface area contributed by atoms with Gasteiger partial charge in [-0.25, -0.2) is 4.98 Å². The first-order valence-electron chi connectivity index (χ1n) is 7.71. The molecule has 0 aliphatic carbocycles. The smallest absolute Gasteiger partial charge is 0.137 e. The van der Waals surface area contributed by atoms with Crippen molar-refractivity contribution in [2.24, 2.45) is 5.92 Å². The molecule has 1 fully saturated rings. The largest absolute Gasteiger partial charge is 0.346 e. The highest BCUT2D eigenvalue weighted by molar-refractivity contribution is 5.79. The fraction of sp³-hybridized carbons (Fsp3) is 0.562. The predicted octanol–water partition coefficient (Wildman–Crippen LogP) is 2.38. The van der Waals surface area contributed by atoms with Crippen molar-refractivity contribution in [3.8, 4) is 0 Å². The van der Waals surface area contributed by atoms with Gasteiger partial charge in [-0.15, -0.1) is 0 Å². The molecule has 2 N–H and O–H groups in total. The number of nitrogens with zero attached hydrogens (tertiary/aromatic N) is 2. The zero-order valence-corrected chi connectivity index (χ0v) is 12.2. The molecule has 20 heavy (non-hydrogen) atoms. The summed E-state index contributed by atoms with van der Waals surface area (Å²) < 4.78 is 0. The van der Waals surface area contributed by atoms with Crippen LogP contribution in [-0.4, -0.2) is 41.0 Å². The van der Waals surface area contributed by atoms with Gasteiger partial charge in [-0.2, -0.15) is 0 Å². The lowest BCUT2D eigenvalue weighted by Gasteiger charge is -2.31. The van der Waals surface area contributed by atoms with Crippen molar-refractivity contribution in [3.63, 3.8) is 0 Å². The van der Waals surface area contributed by atoms with Crippen LogP contribution in [0.25, 0.3) is 11.0 Å². The second-order valence-electron chi connectivity index (χ2n) is 5.74. The zero-order chi connectivity index (χ0) is 13.8. The number of pyridine rings is 1. The van der Waals surface area contributed by atoms with Crippen LogP contribution in [-0.2, 0) is 6.54 Å². The quantitative estimate of drug-likeness (QED) is 0.878. The number of rotatable bonds is 5. The Morgan fingerprint density at radius 1 is 1.40 bits per heavy atom. The van der Waals surface area contributed by atoms with E-state index in [0.717, 1.165) is 24.7 Å². The molecule has 2 aromatic rings. The Labute approximate surface area is 120 Å². The van der Waals surface area contributed by atoms with Gasteiger partial charge in [0.2, 0.25) is 0 Å². The topological polar surface area (TPSA) is 44.0 Å². The minimum Gasteiger partial charge on any atom is -0.346 e. The Balaban J connectivity index is 1.57. The highest BCUT2D eigenvalue weighted by Crippen LogP contribution is 2.22. The third kappa shape index (κ3) is 3.02. The molecule has 0 saturated carbocycles. The molecular weight excluding hydrogens is 248 g/mol. The average Bonchev–Trinajstić information content (AvgIpc) is 2.90. The summed E-state index contributed by atoms with van der Waals surface area (Å²) in [5.74, 6) is 0.857. The molecule has 108 valence electrons. The molecule has 2 aromatic heterocycles. The van der Waals surface area contributed by atoms with E-state index in [9.17, 15) is 0 Å². The monoisotopic (exact) mass is 272 g/mol. The molecule has 0 aromatic carbocycles. The molecule has 4 heteroatoms. The van der Waals surface area contributed by atoms with E-state index in [4.69, 9.17) is 0 Å². The first-order valence-corrected chi connectivity index (χ1v) is 7.71. The van der Waals surface area contributed by atoms with E-state index < -0.39 is 0 Å². The summed E-state index contributed by atoms with van der Waals surface area (Å²) in [5, 5.41) is 4.74. The molecule has 1 saturated heterocycles. The highest BCUT2D eigenvalue weighted by atomic mass is 15.1. The van der Waals surface area contributed by atoms with Crippen molar-refractivity contribution >= 4 is 11.0 Å². The van der Waals surface area contributed by atoms with Gasteiger partial charge < -0.3 is 10.3 Å². The summed E-state index contributed by atoms with van der Waals surface area (Å²) in [6.07, 6.45) is 6.58. The second kappa shape index (κ2) is 6.37. The van der Waals surface area contributed by atoms with Crippen molar-refractivity contribution in [1.29, 1.82) is 0 Å². The Bertz CT molecular complexity index is 540. The molecule has 4 nitrogen and oxygen atoms in total. The van der Waals surface area contributed by atoms with Crippen LogP contribution in [0.3, 0.4) is 0 Å². The number of aromatic amines is 1. The van der Waals surface area contributed by atoms with E-state index >= 15 is 0 Å². The maximum absolute atomic E-state index is 4.36. The Kier molecular flexibility index (Phi) is 4.33. The van der Waals surface area contributed by atoms with Gasteiger partial charge in [-0.05, 0) is 62.6 Å². The van der Waals surface area contributed by atoms with Gasteiger partial charge in [-0.3, -0.25) is 4.90 Å². The van der Waals surface area contributed by atoms with Crippen LogP contribution in [0.15, 0.2) is 24.5 Å². The van der Waals surface area contributed by atoms with E-state index in [1.54, 1.807) is 0 Å². The van der Waals surface area contributed by atoms with E-state index in [2.05, 4.69) is 39.4 Å². The summed E-state index contributed by atoms with van der Waals surface area (Å²) >= 11 is 0. The van der Waals surface area contributed by atoms with Crippen molar-refractivity contribution in [2.45, 2.75) is 26.3 Å². The van der Waals surface area contributed by atoms with Crippen LogP contribution < -0.4 is 5.32 Å². The molecule has 0 unspecified atom stereocenters. The van der Waals surface area contributed by atoms with Crippen molar-refractivity contribution in [3.05, 3.63) is 30.1 Å². The number of fused-ring (bicyclic) bond motifs is 1. The van der Waals surface area contributed by atoms with Gasteiger partial charge in [-0.1, -0.05) is 6.92 Å². The van der Waals surface area contributed by atoms with Gasteiger partial charge >= 0.3 is 0 Å². The van der Waals surface area contributed by atoms with Crippen LogP contribution in [0.2, 0.25) is 0 Å². The highest BCUT2D eigenvalue weighted by Gasteiger charge is 2.19. The molecule has 3 heterocycles. The van der Waals surface area contributed by atoms with Gasteiger partial charge in [0.05, 0.1) is 0 Å². The summed E-state index contributed by atoms with van der Waals surface area (Å²) in [6, 6.07) is 4.18. The van der Waals surface area contributed by atoms with E-state index in [1.165, 1.54) is 43.4 Å². The van der Waals surface area contributed by atoms with Crippen LogP contribution in [0.1, 0.15) is 25.3 Å². The molecule has 0 bridgehead atoms. The minimum absolute atomic E-state index is 0.857. The molecule has 3 rings (SSSR count). The first-order chi connectivity index (χ1) is 9.86. The fourth-order valence-electron chi connectivity index (χ4n) is 3.08. The number of likely N-dealkylation sites (tertiary alicyclic amines) is 1. The van der Waals surface area contributed by atoms with Crippen LogP contribution in [0.4, 0.5) is 0 Å². The van der Waals surface area contributed by atoms with E-state index in [-0.39, 0.29) is 0 Å². The number of hydrogen-bond donors (Lipinski definition) is 2. The molecule has 0 radical (unpaired) electrons. The minimum atomic E-state index is 0.857. The summed E-state index contributed by atoms with van der Waals surface area (Å²) in [5.41, 5.74) is 2.38. The Morgan fingerprint density at radius 2 is 2.25 bits per heavy atom. The SMILES string of the molecule is CCNCC1CCN(Cc2c[nH]c3ncccc23)CC1. The fourth-order valence-corrected chi connectivity index (χ4v) is 3.08. The molecule has 0 amide bonds. The maximum Gasteiger partial charge on any atom is 0.137 e. The van der Waals surface area contributed by atoms with Crippen LogP contribution in [0.5, 0.6) is 0 Å². The lowest BCUT2D eigenvalue weighted by Crippen LogP contribution is -2.36. The molecule has 1 aliphatic rings. The van der Waals surface area contributed by atoms with E-state index in [1.807, 2.05) is 12.3 Å². The third-order valence-corrected chi connectivity index (χ3v) is 4.32. The zero-order valence-electron chi connectivity index (χ0n) is 12.2. The molecule has 0 atom stereocenters. The van der Waals surface area contributed by atoms with Gasteiger partial charge in [0.1, 0.15) is 5.65 Å². The van der Waals surface area contributed by atoms with Crippen molar-refractivity contribution in [2.75, 3.05) is 26.2 Å².